The Labute approximate surface area is 169 Å². The molecule has 150 valence electrons. The number of aryl methyl sites for hydroxylation is 1. The van der Waals surface area contributed by atoms with Crippen molar-refractivity contribution in [3.63, 3.8) is 0 Å². The Morgan fingerprint density at radius 2 is 1.86 bits per heavy atom. The molecule has 2 heterocycles. The summed E-state index contributed by atoms with van der Waals surface area (Å²) in [5, 5.41) is 10.9. The van der Waals surface area contributed by atoms with E-state index in [4.69, 9.17) is 0 Å². The molecule has 0 radical (unpaired) electrons. The number of nitrogens with one attached hydrogen (secondary N) is 2. The summed E-state index contributed by atoms with van der Waals surface area (Å²) in [6, 6.07) is 13.5. The van der Waals surface area contributed by atoms with Gasteiger partial charge in [0.25, 0.3) is 5.91 Å². The Morgan fingerprint density at radius 1 is 1.07 bits per heavy atom. The summed E-state index contributed by atoms with van der Waals surface area (Å²) in [7, 11) is 0. The van der Waals surface area contributed by atoms with Crippen LogP contribution in [0.25, 0.3) is 10.9 Å². The zero-order valence-corrected chi connectivity index (χ0v) is 16.5. The maximum absolute atomic E-state index is 12.9. The molecule has 1 saturated heterocycles. The smallest absolute Gasteiger partial charge is 0.256 e. The van der Waals surface area contributed by atoms with Crippen LogP contribution < -0.4 is 5.32 Å². The van der Waals surface area contributed by atoms with Crippen molar-refractivity contribution >= 4 is 28.4 Å². The first-order chi connectivity index (χ1) is 14.2. The molecule has 7 heteroatoms. The van der Waals surface area contributed by atoms with Crippen LogP contribution >= 0.6 is 0 Å². The highest BCUT2D eigenvalue weighted by atomic mass is 16.2. The van der Waals surface area contributed by atoms with Gasteiger partial charge in [-0.15, -0.1) is 0 Å². The average molecular weight is 391 g/mol. The fourth-order valence-electron chi connectivity index (χ4n) is 3.77. The lowest BCUT2D eigenvalue weighted by Crippen LogP contribution is -2.50. The second-order valence-electron chi connectivity index (χ2n) is 7.27. The van der Waals surface area contributed by atoms with Crippen LogP contribution in [0.4, 0.5) is 5.69 Å². The van der Waals surface area contributed by atoms with Gasteiger partial charge >= 0.3 is 0 Å². The monoisotopic (exact) mass is 391 g/mol. The molecule has 29 heavy (non-hydrogen) atoms. The van der Waals surface area contributed by atoms with Crippen LogP contribution in [0.3, 0.4) is 0 Å². The number of amides is 2. The van der Waals surface area contributed by atoms with Gasteiger partial charge in [-0.2, -0.15) is 5.10 Å². The summed E-state index contributed by atoms with van der Waals surface area (Å²) in [6.45, 7) is 4.95. The van der Waals surface area contributed by atoms with Crippen LogP contribution in [0, 0.1) is 0 Å². The molecule has 0 bridgehead atoms. The van der Waals surface area contributed by atoms with Gasteiger partial charge in [-0.25, -0.2) is 0 Å². The highest BCUT2D eigenvalue weighted by Gasteiger charge is 2.24. The molecule has 0 saturated carbocycles. The first-order valence-corrected chi connectivity index (χ1v) is 9.97. The summed E-state index contributed by atoms with van der Waals surface area (Å²) < 4.78 is 0. The third-order valence-electron chi connectivity index (χ3n) is 5.41. The molecule has 0 unspecified atom stereocenters. The van der Waals surface area contributed by atoms with Gasteiger partial charge in [0, 0.05) is 37.3 Å². The topological polar surface area (TPSA) is 81.3 Å². The molecule has 1 fully saturated rings. The number of hydrogen-bond acceptors (Lipinski definition) is 4. The molecule has 1 aromatic heterocycles. The number of hydrogen-bond donors (Lipinski definition) is 2. The summed E-state index contributed by atoms with van der Waals surface area (Å²) in [4.78, 5) is 29.3. The van der Waals surface area contributed by atoms with Crippen LogP contribution in [0.2, 0.25) is 0 Å². The largest absolute Gasteiger partial charge is 0.336 e. The molecule has 1 aliphatic rings. The Hall–Kier alpha value is -3.19. The van der Waals surface area contributed by atoms with Gasteiger partial charge in [-0.05, 0) is 24.1 Å². The molecule has 3 aromatic rings. The van der Waals surface area contributed by atoms with Gasteiger partial charge in [0.15, 0.2) is 0 Å². The van der Waals surface area contributed by atoms with E-state index in [-0.39, 0.29) is 11.8 Å². The zero-order chi connectivity index (χ0) is 20.2. The molecule has 0 spiro atoms. The summed E-state index contributed by atoms with van der Waals surface area (Å²) >= 11 is 0. The normalized spacial score (nSPS) is 14.9. The summed E-state index contributed by atoms with van der Waals surface area (Å²) in [5.74, 6) is -0.0197. The van der Waals surface area contributed by atoms with Crippen molar-refractivity contribution in [1.29, 1.82) is 0 Å². The quantitative estimate of drug-likeness (QED) is 0.700. The minimum absolute atomic E-state index is 0.000764. The van der Waals surface area contributed by atoms with Gasteiger partial charge in [0.05, 0.1) is 23.8 Å². The number of fused-ring (bicyclic) bond motifs is 1. The Balaban J connectivity index is 1.33. The number of benzene rings is 2. The number of carbonyl (C=O) groups excluding carboxylic acids is 2. The number of aromatic nitrogens is 2. The lowest BCUT2D eigenvalue weighted by Gasteiger charge is -2.34. The molecule has 7 nitrogen and oxygen atoms in total. The summed E-state index contributed by atoms with van der Waals surface area (Å²) in [6.07, 6.45) is 2.60. The molecule has 2 amide bonds. The molecule has 2 N–H and O–H groups in total. The number of para-hydroxylation sites is 2. The van der Waals surface area contributed by atoms with Crippen molar-refractivity contribution in [1.82, 2.24) is 20.0 Å². The van der Waals surface area contributed by atoms with E-state index in [1.165, 1.54) is 0 Å². The van der Waals surface area contributed by atoms with Crippen molar-refractivity contribution in [2.24, 2.45) is 0 Å². The van der Waals surface area contributed by atoms with E-state index in [2.05, 4.69) is 27.3 Å². The van der Waals surface area contributed by atoms with E-state index in [0.717, 1.165) is 28.6 Å². The predicted molar refractivity (Wildman–Crippen MR) is 113 cm³/mol. The Morgan fingerprint density at radius 3 is 2.66 bits per heavy atom. The van der Waals surface area contributed by atoms with Gasteiger partial charge in [0.1, 0.15) is 0 Å². The zero-order valence-electron chi connectivity index (χ0n) is 16.5. The van der Waals surface area contributed by atoms with Crippen molar-refractivity contribution in [3.05, 3.63) is 59.8 Å². The van der Waals surface area contributed by atoms with Gasteiger partial charge in [-0.3, -0.25) is 19.6 Å². The third kappa shape index (κ3) is 4.14. The Kier molecular flexibility index (Phi) is 5.57. The lowest BCUT2D eigenvalue weighted by molar-refractivity contribution is -0.117. The average Bonchev–Trinajstić information content (AvgIpc) is 3.23. The van der Waals surface area contributed by atoms with Crippen LogP contribution in [0.5, 0.6) is 0 Å². The molecule has 0 atom stereocenters. The first kappa shape index (κ1) is 19.1. The number of anilines is 1. The maximum atomic E-state index is 12.9. The second-order valence-corrected chi connectivity index (χ2v) is 7.27. The fraction of sp³-hybridized carbons (Fsp3) is 0.318. The molecule has 1 aliphatic heterocycles. The van der Waals surface area contributed by atoms with Gasteiger partial charge in [-0.1, -0.05) is 37.3 Å². The van der Waals surface area contributed by atoms with E-state index >= 15 is 0 Å². The lowest BCUT2D eigenvalue weighted by atomic mass is 10.1. The highest BCUT2D eigenvalue weighted by molar-refractivity contribution is 6.05. The number of aromatic amines is 1. The van der Waals surface area contributed by atoms with Crippen molar-refractivity contribution < 1.29 is 9.59 Å². The number of H-pyrrole nitrogens is 1. The van der Waals surface area contributed by atoms with Crippen LogP contribution in [-0.2, 0) is 11.2 Å². The van der Waals surface area contributed by atoms with Crippen LogP contribution in [-0.4, -0.2) is 64.5 Å². The maximum Gasteiger partial charge on any atom is 0.256 e. The van der Waals surface area contributed by atoms with Crippen LogP contribution in [0.15, 0.2) is 48.7 Å². The van der Waals surface area contributed by atoms with Crippen molar-refractivity contribution in [2.45, 2.75) is 13.3 Å². The van der Waals surface area contributed by atoms with E-state index in [1.54, 1.807) is 6.20 Å². The van der Waals surface area contributed by atoms with Gasteiger partial charge in [0.2, 0.25) is 5.91 Å². The minimum Gasteiger partial charge on any atom is -0.336 e. The van der Waals surface area contributed by atoms with E-state index in [9.17, 15) is 9.59 Å². The fourth-order valence-corrected chi connectivity index (χ4v) is 3.77. The van der Waals surface area contributed by atoms with E-state index in [1.807, 2.05) is 47.4 Å². The highest BCUT2D eigenvalue weighted by Crippen LogP contribution is 2.19. The molecular formula is C22H25N5O2. The SMILES string of the molecule is CCc1ccccc1NC(=O)CN1CCN(C(=O)c2cccc3cn[nH]c23)CC1. The Bertz CT molecular complexity index is 1020. The van der Waals surface area contributed by atoms with Crippen molar-refractivity contribution in [2.75, 3.05) is 38.0 Å². The number of piperazine rings is 1. The van der Waals surface area contributed by atoms with E-state index in [0.29, 0.717) is 38.3 Å². The molecule has 4 rings (SSSR count). The van der Waals surface area contributed by atoms with Crippen molar-refractivity contribution in [3.8, 4) is 0 Å². The second kappa shape index (κ2) is 8.45. The summed E-state index contributed by atoms with van der Waals surface area (Å²) in [5.41, 5.74) is 3.42. The number of carbonyl (C=O) groups is 2. The predicted octanol–water partition coefficient (Wildman–Crippen LogP) is 2.52. The minimum atomic E-state index is -0.0205. The third-order valence-corrected chi connectivity index (χ3v) is 5.41. The molecular weight excluding hydrogens is 366 g/mol. The standard InChI is InChI=1S/C22H25N5O2/c1-2-16-6-3-4-9-19(16)24-20(28)15-26-10-12-27(13-11-26)22(29)18-8-5-7-17-14-23-25-21(17)18/h3-9,14H,2,10-13,15H2,1H3,(H,23,25)(H,24,28). The van der Waals surface area contributed by atoms with Gasteiger partial charge < -0.3 is 10.2 Å². The number of rotatable bonds is 5. The number of nitrogens with zero attached hydrogens (tertiary/aromatic N) is 3. The van der Waals surface area contributed by atoms with Crippen LogP contribution in [0.1, 0.15) is 22.8 Å². The first-order valence-electron chi connectivity index (χ1n) is 9.97. The molecule has 2 aromatic carbocycles. The molecule has 0 aliphatic carbocycles. The van der Waals surface area contributed by atoms with E-state index < -0.39 is 0 Å².